The van der Waals surface area contributed by atoms with E-state index in [0.717, 1.165) is 34.0 Å². The summed E-state index contributed by atoms with van der Waals surface area (Å²) in [4.78, 5) is 12.4. The molecule has 3 aromatic carbocycles. The number of rotatable bonds is 8. The van der Waals surface area contributed by atoms with E-state index < -0.39 is 0 Å². The van der Waals surface area contributed by atoms with Crippen molar-refractivity contribution in [3.63, 3.8) is 0 Å². The van der Waals surface area contributed by atoms with Crippen LogP contribution < -0.4 is 10.1 Å². The zero-order chi connectivity index (χ0) is 22.3. The van der Waals surface area contributed by atoms with Gasteiger partial charge in [-0.15, -0.1) is 0 Å². The first-order valence-corrected chi connectivity index (χ1v) is 10.7. The van der Waals surface area contributed by atoms with E-state index in [4.69, 9.17) is 9.84 Å². The molecule has 0 unspecified atom stereocenters. The van der Waals surface area contributed by atoms with E-state index >= 15 is 0 Å². The molecule has 0 saturated carbocycles. The lowest BCUT2D eigenvalue weighted by Gasteiger charge is -2.08. The Hall–Kier alpha value is -3.86. The van der Waals surface area contributed by atoms with Gasteiger partial charge in [-0.05, 0) is 48.4 Å². The number of aryl methyl sites for hydroxylation is 2. The highest BCUT2D eigenvalue weighted by Gasteiger charge is 2.13. The van der Waals surface area contributed by atoms with Crippen LogP contribution in [0.25, 0.3) is 16.9 Å². The zero-order valence-corrected chi connectivity index (χ0v) is 18.4. The maximum atomic E-state index is 12.4. The highest BCUT2D eigenvalue weighted by Crippen LogP contribution is 2.25. The first-order valence-electron chi connectivity index (χ1n) is 10.7. The van der Waals surface area contributed by atoms with Crippen molar-refractivity contribution in [2.45, 2.75) is 26.3 Å². The number of carbonyl (C=O) groups excluding carboxylic acids is 1. The Morgan fingerprint density at radius 2 is 1.69 bits per heavy atom. The molecule has 162 valence electrons. The summed E-state index contributed by atoms with van der Waals surface area (Å²) in [5.74, 6) is 0.821. The van der Waals surface area contributed by atoms with Crippen molar-refractivity contribution in [1.82, 2.24) is 15.1 Å². The molecule has 4 aromatic rings. The maximum absolute atomic E-state index is 12.4. The second kappa shape index (κ2) is 9.96. The third-order valence-corrected chi connectivity index (χ3v) is 5.49. The SMILES string of the molecule is COc1ccc(-n2nc(CCC(=O)NCc3ccccc3C)cc2-c2ccccc2)cc1. The van der Waals surface area contributed by atoms with Crippen molar-refractivity contribution in [3.8, 4) is 22.7 Å². The van der Waals surface area contributed by atoms with E-state index in [1.165, 1.54) is 5.56 Å². The van der Waals surface area contributed by atoms with Crippen molar-refractivity contribution in [3.05, 3.63) is 102 Å². The Kier molecular flexibility index (Phi) is 6.66. The molecule has 0 bridgehead atoms. The number of hydrogen-bond acceptors (Lipinski definition) is 3. The van der Waals surface area contributed by atoms with E-state index in [-0.39, 0.29) is 5.91 Å². The molecule has 0 radical (unpaired) electrons. The summed E-state index contributed by atoms with van der Waals surface area (Å²) in [7, 11) is 1.65. The van der Waals surface area contributed by atoms with E-state index in [1.54, 1.807) is 7.11 Å². The predicted molar refractivity (Wildman–Crippen MR) is 127 cm³/mol. The average molecular weight is 426 g/mol. The summed E-state index contributed by atoms with van der Waals surface area (Å²) in [6.07, 6.45) is 0.961. The number of carbonyl (C=O) groups is 1. The Balaban J connectivity index is 1.49. The van der Waals surface area contributed by atoms with Gasteiger partial charge in [0.1, 0.15) is 5.75 Å². The monoisotopic (exact) mass is 425 g/mol. The van der Waals surface area contributed by atoms with E-state index in [1.807, 2.05) is 65.3 Å². The fourth-order valence-electron chi connectivity index (χ4n) is 3.62. The lowest BCUT2D eigenvalue weighted by Crippen LogP contribution is -2.23. The molecule has 4 rings (SSSR count). The Bertz CT molecular complexity index is 1180. The topological polar surface area (TPSA) is 56.2 Å². The van der Waals surface area contributed by atoms with Gasteiger partial charge in [0.15, 0.2) is 0 Å². The molecule has 32 heavy (non-hydrogen) atoms. The molecule has 1 amide bonds. The second-order valence-corrected chi connectivity index (χ2v) is 7.70. The molecule has 5 heteroatoms. The molecule has 0 aliphatic carbocycles. The minimum absolute atomic E-state index is 0.0218. The highest BCUT2D eigenvalue weighted by atomic mass is 16.5. The average Bonchev–Trinajstić information content (AvgIpc) is 3.27. The summed E-state index contributed by atoms with van der Waals surface area (Å²) in [6.45, 7) is 2.60. The van der Waals surface area contributed by atoms with Gasteiger partial charge in [-0.2, -0.15) is 5.10 Å². The molecular weight excluding hydrogens is 398 g/mol. The van der Waals surface area contributed by atoms with Crippen molar-refractivity contribution >= 4 is 5.91 Å². The van der Waals surface area contributed by atoms with Gasteiger partial charge in [0.2, 0.25) is 5.91 Å². The van der Waals surface area contributed by atoms with Gasteiger partial charge < -0.3 is 10.1 Å². The molecular formula is C27H27N3O2. The van der Waals surface area contributed by atoms with Crippen LogP contribution in [-0.4, -0.2) is 22.8 Å². The van der Waals surface area contributed by atoms with Gasteiger partial charge in [-0.25, -0.2) is 4.68 Å². The van der Waals surface area contributed by atoms with Crippen molar-refractivity contribution in [2.75, 3.05) is 7.11 Å². The number of nitrogens with one attached hydrogen (secondary N) is 1. The number of benzene rings is 3. The van der Waals surface area contributed by atoms with Crippen LogP contribution >= 0.6 is 0 Å². The highest BCUT2D eigenvalue weighted by molar-refractivity contribution is 5.76. The summed E-state index contributed by atoms with van der Waals surface area (Å²) in [6, 6.07) is 28.1. The van der Waals surface area contributed by atoms with Crippen LogP contribution in [0.4, 0.5) is 0 Å². The first kappa shape index (κ1) is 21.4. The lowest BCUT2D eigenvalue weighted by atomic mass is 10.1. The van der Waals surface area contributed by atoms with Crippen LogP contribution in [0.2, 0.25) is 0 Å². The summed E-state index contributed by atoms with van der Waals surface area (Å²) in [5, 5.41) is 7.83. The number of hydrogen-bond donors (Lipinski definition) is 1. The van der Waals surface area contributed by atoms with Crippen LogP contribution in [0.5, 0.6) is 5.75 Å². The Morgan fingerprint density at radius 3 is 2.41 bits per heavy atom. The number of nitrogens with zero attached hydrogens (tertiary/aromatic N) is 2. The normalized spacial score (nSPS) is 10.7. The molecule has 0 aliphatic rings. The van der Waals surface area contributed by atoms with E-state index in [0.29, 0.717) is 19.4 Å². The molecule has 0 atom stereocenters. The summed E-state index contributed by atoms with van der Waals surface area (Å²) >= 11 is 0. The fraction of sp³-hybridized carbons (Fsp3) is 0.185. The van der Waals surface area contributed by atoms with Crippen LogP contribution in [-0.2, 0) is 17.8 Å². The number of methoxy groups -OCH3 is 1. The number of aromatic nitrogens is 2. The molecule has 0 fully saturated rings. The van der Waals surface area contributed by atoms with Crippen LogP contribution in [0.15, 0.2) is 84.9 Å². The number of ether oxygens (including phenoxy) is 1. The first-order chi connectivity index (χ1) is 15.6. The lowest BCUT2D eigenvalue weighted by molar-refractivity contribution is -0.121. The van der Waals surface area contributed by atoms with Gasteiger partial charge in [-0.1, -0.05) is 54.6 Å². The van der Waals surface area contributed by atoms with Crippen LogP contribution in [0.1, 0.15) is 23.2 Å². The van der Waals surface area contributed by atoms with Gasteiger partial charge in [0, 0.05) is 24.9 Å². The zero-order valence-electron chi connectivity index (χ0n) is 18.4. The molecule has 0 aliphatic heterocycles. The van der Waals surface area contributed by atoms with Crippen molar-refractivity contribution in [2.24, 2.45) is 0 Å². The van der Waals surface area contributed by atoms with Gasteiger partial charge >= 0.3 is 0 Å². The quantitative estimate of drug-likeness (QED) is 0.427. The fourth-order valence-corrected chi connectivity index (χ4v) is 3.62. The van der Waals surface area contributed by atoms with Crippen LogP contribution in [0, 0.1) is 6.92 Å². The third-order valence-electron chi connectivity index (χ3n) is 5.49. The third kappa shape index (κ3) is 5.06. The summed E-state index contributed by atoms with van der Waals surface area (Å²) in [5.41, 5.74) is 6.21. The van der Waals surface area contributed by atoms with Gasteiger partial charge in [0.25, 0.3) is 0 Å². The van der Waals surface area contributed by atoms with Crippen molar-refractivity contribution in [1.29, 1.82) is 0 Å². The van der Waals surface area contributed by atoms with Crippen molar-refractivity contribution < 1.29 is 9.53 Å². The largest absolute Gasteiger partial charge is 0.497 e. The van der Waals surface area contributed by atoms with Gasteiger partial charge in [0.05, 0.1) is 24.2 Å². The second-order valence-electron chi connectivity index (χ2n) is 7.70. The van der Waals surface area contributed by atoms with Crippen LogP contribution in [0.3, 0.4) is 0 Å². The minimum atomic E-state index is 0.0218. The van der Waals surface area contributed by atoms with E-state index in [9.17, 15) is 4.79 Å². The molecule has 5 nitrogen and oxygen atoms in total. The molecule has 0 saturated heterocycles. The van der Waals surface area contributed by atoms with E-state index in [2.05, 4.69) is 36.5 Å². The number of amides is 1. The Morgan fingerprint density at radius 1 is 0.969 bits per heavy atom. The Labute approximate surface area is 188 Å². The smallest absolute Gasteiger partial charge is 0.220 e. The molecule has 1 heterocycles. The molecule has 0 spiro atoms. The standard InChI is InChI=1S/C27H27N3O2/c1-20-8-6-7-11-22(20)19-28-27(31)17-12-23-18-26(21-9-4-3-5-10-21)30(29-23)24-13-15-25(32-2)16-14-24/h3-11,13-16,18H,12,17,19H2,1-2H3,(H,28,31). The minimum Gasteiger partial charge on any atom is -0.497 e. The molecule has 1 aromatic heterocycles. The predicted octanol–water partition coefficient (Wildman–Crippen LogP) is 5.11. The van der Waals surface area contributed by atoms with Gasteiger partial charge in [-0.3, -0.25) is 4.79 Å². The summed E-state index contributed by atoms with van der Waals surface area (Å²) < 4.78 is 7.20. The maximum Gasteiger partial charge on any atom is 0.220 e. The molecule has 1 N–H and O–H groups in total.